The second-order valence-corrected chi connectivity index (χ2v) is 5.77. The molecule has 0 aromatic rings. The van der Waals surface area contributed by atoms with Gasteiger partial charge in [-0.2, -0.15) is 0 Å². The molecule has 0 spiro atoms. The third-order valence-corrected chi connectivity index (χ3v) is 4.44. The van der Waals surface area contributed by atoms with Crippen molar-refractivity contribution in [3.63, 3.8) is 0 Å². The van der Waals surface area contributed by atoms with E-state index in [-0.39, 0.29) is 12.1 Å². The predicted molar refractivity (Wildman–Crippen MR) is 75.6 cm³/mol. The summed E-state index contributed by atoms with van der Waals surface area (Å²) < 4.78 is 0. The number of rotatable bonds is 2. The Labute approximate surface area is 120 Å². The van der Waals surface area contributed by atoms with Gasteiger partial charge in [0.2, 0.25) is 0 Å². The zero-order valence-electron chi connectivity index (χ0n) is 12.2. The molecule has 2 aliphatic rings. The van der Waals surface area contributed by atoms with E-state index in [0.29, 0.717) is 13.0 Å². The van der Waals surface area contributed by atoms with Gasteiger partial charge in [0.05, 0.1) is 0 Å². The van der Waals surface area contributed by atoms with Crippen molar-refractivity contribution in [1.29, 1.82) is 0 Å². The van der Waals surface area contributed by atoms with Crippen LogP contribution < -0.4 is 5.32 Å². The Bertz CT molecular complexity index is 356. The van der Waals surface area contributed by atoms with E-state index in [1.54, 1.807) is 9.80 Å². The van der Waals surface area contributed by atoms with E-state index in [1.165, 1.54) is 0 Å². The number of hydrogen-bond acceptors (Lipinski definition) is 3. The maximum absolute atomic E-state index is 12.6. The molecule has 6 heteroatoms. The van der Waals surface area contributed by atoms with Crippen molar-refractivity contribution < 1.29 is 14.7 Å². The fourth-order valence-electron chi connectivity index (χ4n) is 3.15. The molecule has 0 aliphatic carbocycles. The van der Waals surface area contributed by atoms with Crippen LogP contribution in [0.3, 0.4) is 0 Å². The van der Waals surface area contributed by atoms with Gasteiger partial charge < -0.3 is 20.2 Å². The maximum atomic E-state index is 12.6. The largest absolute Gasteiger partial charge is 0.480 e. The molecule has 2 saturated heterocycles. The Hall–Kier alpha value is -1.30. The van der Waals surface area contributed by atoms with Crippen molar-refractivity contribution in [2.45, 2.75) is 50.6 Å². The molecule has 114 valence electrons. The number of nitrogens with zero attached hydrogens (tertiary/aromatic N) is 2. The normalized spacial score (nSPS) is 25.1. The van der Waals surface area contributed by atoms with Gasteiger partial charge in [0, 0.05) is 19.6 Å². The summed E-state index contributed by atoms with van der Waals surface area (Å²) in [6.45, 7) is 2.40. The molecular formula is C14H25N3O3. The lowest BCUT2D eigenvalue weighted by Crippen LogP contribution is -2.53. The highest BCUT2D eigenvalue weighted by molar-refractivity contribution is 5.82. The Balaban J connectivity index is 2.05. The molecule has 0 radical (unpaired) electrons. The monoisotopic (exact) mass is 283 g/mol. The van der Waals surface area contributed by atoms with Gasteiger partial charge in [0.25, 0.3) is 0 Å². The number of carboxylic acids is 1. The fraction of sp³-hybridized carbons (Fsp3) is 0.857. The molecule has 0 aromatic heterocycles. The summed E-state index contributed by atoms with van der Waals surface area (Å²) in [6, 6.07) is -0.554. The van der Waals surface area contributed by atoms with E-state index < -0.39 is 12.0 Å². The average Bonchev–Trinajstić information content (AvgIpc) is 2.72. The van der Waals surface area contributed by atoms with Gasteiger partial charge in [-0.25, -0.2) is 9.59 Å². The Morgan fingerprint density at radius 3 is 2.50 bits per heavy atom. The van der Waals surface area contributed by atoms with Crippen LogP contribution in [0.2, 0.25) is 0 Å². The number of piperidine rings is 1. The van der Waals surface area contributed by atoms with Crippen molar-refractivity contribution in [3.8, 4) is 0 Å². The molecule has 20 heavy (non-hydrogen) atoms. The first kappa shape index (κ1) is 15.1. The molecule has 0 aromatic carbocycles. The van der Waals surface area contributed by atoms with Crippen LogP contribution in [0.15, 0.2) is 0 Å². The lowest BCUT2D eigenvalue weighted by Gasteiger charge is -2.37. The molecule has 2 N–H and O–H groups in total. The highest BCUT2D eigenvalue weighted by atomic mass is 16.4. The molecular weight excluding hydrogens is 258 g/mol. The zero-order chi connectivity index (χ0) is 14.5. The highest BCUT2D eigenvalue weighted by Gasteiger charge is 2.34. The minimum absolute atomic E-state index is 0.119. The van der Waals surface area contributed by atoms with E-state index in [2.05, 4.69) is 5.32 Å². The molecule has 1 unspecified atom stereocenters. The summed E-state index contributed by atoms with van der Waals surface area (Å²) in [7, 11) is 1.81. The predicted octanol–water partition coefficient (Wildman–Crippen LogP) is 1.12. The number of carbonyl (C=O) groups is 2. The van der Waals surface area contributed by atoms with Crippen LogP contribution in [0.4, 0.5) is 4.79 Å². The van der Waals surface area contributed by atoms with Crippen LogP contribution in [0.25, 0.3) is 0 Å². The van der Waals surface area contributed by atoms with Crippen LogP contribution in [0.5, 0.6) is 0 Å². The molecule has 2 amide bonds. The van der Waals surface area contributed by atoms with Crippen molar-refractivity contribution in [1.82, 2.24) is 15.1 Å². The second kappa shape index (κ2) is 6.92. The molecule has 6 nitrogen and oxygen atoms in total. The van der Waals surface area contributed by atoms with Crippen LogP contribution >= 0.6 is 0 Å². The number of aliphatic carboxylic acids is 1. The third-order valence-electron chi connectivity index (χ3n) is 4.44. The first-order valence-corrected chi connectivity index (χ1v) is 7.58. The maximum Gasteiger partial charge on any atom is 0.326 e. The first-order valence-electron chi connectivity index (χ1n) is 7.58. The summed E-state index contributed by atoms with van der Waals surface area (Å²) >= 11 is 0. The van der Waals surface area contributed by atoms with E-state index in [9.17, 15) is 14.7 Å². The zero-order valence-corrected chi connectivity index (χ0v) is 12.2. The topological polar surface area (TPSA) is 72.9 Å². The summed E-state index contributed by atoms with van der Waals surface area (Å²) in [6.07, 6.45) is 5.24. The highest BCUT2D eigenvalue weighted by Crippen LogP contribution is 2.20. The van der Waals surface area contributed by atoms with E-state index in [1.807, 2.05) is 7.05 Å². The minimum atomic E-state index is -0.876. The van der Waals surface area contributed by atoms with Gasteiger partial charge in [-0.05, 0) is 38.8 Å². The van der Waals surface area contributed by atoms with Gasteiger partial charge in [-0.1, -0.05) is 12.8 Å². The van der Waals surface area contributed by atoms with Crippen molar-refractivity contribution in [2.24, 2.45) is 0 Å². The number of carbonyl (C=O) groups excluding carboxylic acids is 1. The number of amides is 2. The van der Waals surface area contributed by atoms with E-state index in [4.69, 9.17) is 0 Å². The summed E-state index contributed by atoms with van der Waals surface area (Å²) in [5.74, 6) is -0.876. The minimum Gasteiger partial charge on any atom is -0.480 e. The molecule has 1 atom stereocenters. The van der Waals surface area contributed by atoms with Crippen molar-refractivity contribution >= 4 is 12.0 Å². The van der Waals surface area contributed by atoms with Gasteiger partial charge in [0.1, 0.15) is 6.04 Å². The van der Waals surface area contributed by atoms with E-state index >= 15 is 0 Å². The van der Waals surface area contributed by atoms with Gasteiger partial charge in [-0.15, -0.1) is 0 Å². The first-order chi connectivity index (χ1) is 9.61. The van der Waals surface area contributed by atoms with Crippen molar-refractivity contribution in [3.05, 3.63) is 0 Å². The van der Waals surface area contributed by atoms with Crippen LogP contribution in [0.1, 0.15) is 38.5 Å². The summed E-state index contributed by atoms with van der Waals surface area (Å²) in [4.78, 5) is 27.4. The molecule has 2 aliphatic heterocycles. The lowest BCUT2D eigenvalue weighted by atomic mass is 10.1. The second-order valence-electron chi connectivity index (χ2n) is 5.77. The molecule has 2 rings (SSSR count). The Morgan fingerprint density at radius 2 is 1.85 bits per heavy atom. The molecule has 2 heterocycles. The number of hydrogen-bond donors (Lipinski definition) is 2. The smallest absolute Gasteiger partial charge is 0.326 e. The average molecular weight is 283 g/mol. The van der Waals surface area contributed by atoms with E-state index in [0.717, 1.165) is 45.2 Å². The van der Waals surface area contributed by atoms with Crippen LogP contribution in [-0.2, 0) is 4.79 Å². The van der Waals surface area contributed by atoms with Crippen LogP contribution in [-0.4, -0.2) is 65.7 Å². The fourth-order valence-corrected chi connectivity index (χ4v) is 3.15. The summed E-state index contributed by atoms with van der Waals surface area (Å²) in [5.41, 5.74) is 0. The molecule has 0 bridgehead atoms. The quantitative estimate of drug-likeness (QED) is 0.796. The molecule has 2 fully saturated rings. The van der Waals surface area contributed by atoms with Gasteiger partial charge in [-0.3, -0.25) is 0 Å². The van der Waals surface area contributed by atoms with Gasteiger partial charge >= 0.3 is 12.0 Å². The summed E-state index contributed by atoms with van der Waals surface area (Å²) in [5, 5.41) is 12.6. The number of likely N-dealkylation sites (tertiary alicyclic amines) is 1. The lowest BCUT2D eigenvalue weighted by molar-refractivity contribution is -0.142. The molecule has 0 saturated carbocycles. The van der Waals surface area contributed by atoms with Crippen molar-refractivity contribution in [2.75, 3.05) is 26.7 Å². The number of urea groups is 1. The number of nitrogens with one attached hydrogen (secondary N) is 1. The number of carboxylic acid groups (broad SMARTS) is 1. The van der Waals surface area contributed by atoms with Gasteiger partial charge in [0.15, 0.2) is 0 Å². The Kier molecular flexibility index (Phi) is 5.23. The Morgan fingerprint density at radius 1 is 1.15 bits per heavy atom. The SMILES string of the molecule is CN(C(=O)N1CCCCCC1C(=O)O)C1CCNCC1. The standard InChI is InChI=1S/C14H25N3O3/c1-16(11-6-8-15-9-7-11)14(20)17-10-4-2-3-5-12(17)13(18)19/h11-12,15H,2-10H2,1H3,(H,18,19). The third kappa shape index (κ3) is 3.42. The van der Waals surface area contributed by atoms with Crippen LogP contribution in [0, 0.1) is 0 Å².